The number of ether oxygens (including phenoxy) is 2. The Bertz CT molecular complexity index is 808. The highest BCUT2D eigenvalue weighted by Crippen LogP contribution is 2.31. The number of nitrogens with one attached hydrogen (secondary N) is 1. The molecular weight excluding hydrogens is 359 g/mol. The summed E-state index contributed by atoms with van der Waals surface area (Å²) in [5.74, 6) is 1.35. The quantitative estimate of drug-likeness (QED) is 0.791. The second kappa shape index (κ2) is 9.06. The van der Waals surface area contributed by atoms with Crippen LogP contribution in [-0.2, 0) is 11.3 Å². The van der Waals surface area contributed by atoms with Crippen LogP contribution in [-0.4, -0.2) is 37.6 Å². The van der Waals surface area contributed by atoms with Gasteiger partial charge in [0.05, 0.1) is 12.6 Å². The molecule has 2 aromatic carbocycles. The van der Waals surface area contributed by atoms with Gasteiger partial charge in [-0.15, -0.1) is 0 Å². The lowest BCUT2D eigenvalue weighted by Gasteiger charge is -2.25. The fourth-order valence-corrected chi connectivity index (χ4v) is 3.32. The summed E-state index contributed by atoms with van der Waals surface area (Å²) in [5, 5.41) is 3.07. The summed E-state index contributed by atoms with van der Waals surface area (Å²) in [7, 11) is 1.90. The fraction of sp³-hybridized carbons (Fsp3) is 0.409. The molecule has 1 heterocycles. The van der Waals surface area contributed by atoms with Crippen molar-refractivity contribution in [2.24, 2.45) is 5.92 Å². The second-order valence-electron chi connectivity index (χ2n) is 7.49. The van der Waals surface area contributed by atoms with Gasteiger partial charge in [-0.2, -0.15) is 0 Å². The topological polar surface area (TPSA) is 50.8 Å². The molecule has 1 aliphatic rings. The average Bonchev–Trinajstić information content (AvgIpc) is 2.66. The molecule has 0 spiro atoms. The van der Waals surface area contributed by atoms with E-state index in [0.717, 1.165) is 22.6 Å². The first-order valence-electron chi connectivity index (χ1n) is 9.54. The van der Waals surface area contributed by atoms with Crippen LogP contribution in [0.15, 0.2) is 42.5 Å². The predicted molar refractivity (Wildman–Crippen MR) is 106 cm³/mol. The minimum atomic E-state index is -0.281. The number of carbonyl (C=O) groups excluding carboxylic acids is 1. The maximum absolute atomic E-state index is 13.2. The normalized spacial score (nSPS) is 14.2. The first-order chi connectivity index (χ1) is 13.4. The Morgan fingerprint density at radius 1 is 1.11 bits per heavy atom. The third-order valence-electron chi connectivity index (χ3n) is 4.68. The zero-order chi connectivity index (χ0) is 20.1. The van der Waals surface area contributed by atoms with E-state index < -0.39 is 0 Å². The molecule has 1 aliphatic heterocycles. The Labute approximate surface area is 165 Å². The lowest BCUT2D eigenvalue weighted by molar-refractivity contribution is -0.123. The number of fused-ring (bicyclic) bond motifs is 1. The number of hydrogen-bond acceptors (Lipinski definition) is 4. The molecule has 1 N–H and O–H groups in total. The Kier molecular flexibility index (Phi) is 6.52. The Morgan fingerprint density at radius 2 is 1.79 bits per heavy atom. The number of likely N-dealkylation sites (N-methyl/N-ethyl adjacent to an activating group) is 1. The van der Waals surface area contributed by atoms with Crippen LogP contribution in [0.5, 0.6) is 11.5 Å². The molecule has 5 nitrogen and oxygen atoms in total. The molecule has 28 heavy (non-hydrogen) atoms. The van der Waals surface area contributed by atoms with Crippen molar-refractivity contribution < 1.29 is 18.7 Å². The summed E-state index contributed by atoms with van der Waals surface area (Å²) in [6.45, 7) is 6.07. The van der Waals surface area contributed by atoms with Gasteiger partial charge in [0.15, 0.2) is 11.5 Å². The van der Waals surface area contributed by atoms with E-state index in [0.29, 0.717) is 19.8 Å². The average molecular weight is 386 g/mol. The molecule has 0 saturated heterocycles. The molecule has 0 bridgehead atoms. The van der Waals surface area contributed by atoms with Crippen LogP contribution in [0.1, 0.15) is 31.0 Å². The monoisotopic (exact) mass is 386 g/mol. The number of halogens is 1. The molecule has 150 valence electrons. The zero-order valence-corrected chi connectivity index (χ0v) is 16.6. The van der Waals surface area contributed by atoms with Crippen LogP contribution in [0, 0.1) is 11.7 Å². The second-order valence-corrected chi connectivity index (χ2v) is 7.49. The standard InChI is InChI=1S/C22H27FN2O3/c1-15(2)22(17-5-7-18(23)8-6-17)24-21(26)14-25(3)13-16-4-9-19-20(12-16)28-11-10-27-19/h4-9,12,15,22H,10-11,13-14H2,1-3H3,(H,24,26)/t22-/m1/s1. The smallest absolute Gasteiger partial charge is 0.234 e. The number of hydrogen-bond donors (Lipinski definition) is 1. The first-order valence-corrected chi connectivity index (χ1v) is 9.54. The van der Waals surface area contributed by atoms with Crippen LogP contribution in [0.3, 0.4) is 0 Å². The summed E-state index contributed by atoms with van der Waals surface area (Å²) in [6, 6.07) is 12.0. The fourth-order valence-electron chi connectivity index (χ4n) is 3.32. The Morgan fingerprint density at radius 3 is 2.46 bits per heavy atom. The lowest BCUT2D eigenvalue weighted by atomic mass is 9.96. The number of amides is 1. The zero-order valence-electron chi connectivity index (χ0n) is 16.6. The Hall–Kier alpha value is -2.60. The van der Waals surface area contributed by atoms with Gasteiger partial charge in [-0.3, -0.25) is 9.69 Å². The lowest BCUT2D eigenvalue weighted by Crippen LogP contribution is -2.38. The van der Waals surface area contributed by atoms with Crippen molar-refractivity contribution in [3.8, 4) is 11.5 Å². The highest BCUT2D eigenvalue weighted by Gasteiger charge is 2.19. The number of nitrogens with zero attached hydrogens (tertiary/aromatic N) is 1. The van der Waals surface area contributed by atoms with Crippen molar-refractivity contribution in [3.05, 3.63) is 59.4 Å². The van der Waals surface area contributed by atoms with Gasteiger partial charge in [0.25, 0.3) is 0 Å². The van der Waals surface area contributed by atoms with Gasteiger partial charge in [-0.1, -0.05) is 32.0 Å². The summed E-state index contributed by atoms with van der Waals surface area (Å²) in [6.07, 6.45) is 0. The molecule has 1 atom stereocenters. The van der Waals surface area contributed by atoms with Crippen LogP contribution in [0.25, 0.3) is 0 Å². The molecule has 2 aromatic rings. The van der Waals surface area contributed by atoms with Crippen LogP contribution >= 0.6 is 0 Å². The highest BCUT2D eigenvalue weighted by atomic mass is 19.1. The van der Waals surface area contributed by atoms with E-state index in [-0.39, 0.29) is 30.2 Å². The molecule has 3 rings (SSSR count). The van der Waals surface area contributed by atoms with E-state index in [2.05, 4.69) is 5.32 Å². The molecule has 0 aromatic heterocycles. The van der Waals surface area contributed by atoms with Gasteiger partial charge in [-0.05, 0) is 48.4 Å². The summed E-state index contributed by atoms with van der Waals surface area (Å²) in [5.41, 5.74) is 1.96. The van der Waals surface area contributed by atoms with Crippen LogP contribution < -0.4 is 14.8 Å². The van der Waals surface area contributed by atoms with Crippen molar-refractivity contribution in [2.45, 2.75) is 26.4 Å². The van der Waals surface area contributed by atoms with Crippen LogP contribution in [0.2, 0.25) is 0 Å². The van der Waals surface area contributed by atoms with Gasteiger partial charge in [0.1, 0.15) is 19.0 Å². The molecule has 0 unspecified atom stereocenters. The van der Waals surface area contributed by atoms with Crippen molar-refractivity contribution in [1.29, 1.82) is 0 Å². The van der Waals surface area contributed by atoms with E-state index in [1.165, 1.54) is 12.1 Å². The van der Waals surface area contributed by atoms with E-state index in [1.54, 1.807) is 12.1 Å². The third kappa shape index (κ3) is 5.23. The molecular formula is C22H27FN2O3. The third-order valence-corrected chi connectivity index (χ3v) is 4.68. The van der Waals surface area contributed by atoms with Gasteiger partial charge >= 0.3 is 0 Å². The number of benzene rings is 2. The first kappa shape index (κ1) is 20.1. The molecule has 0 saturated carbocycles. The molecule has 0 radical (unpaired) electrons. The predicted octanol–water partition coefficient (Wildman–Crippen LogP) is 3.54. The van der Waals surface area contributed by atoms with Crippen molar-refractivity contribution in [1.82, 2.24) is 10.2 Å². The molecule has 0 fully saturated rings. The maximum atomic E-state index is 13.2. The minimum Gasteiger partial charge on any atom is -0.486 e. The summed E-state index contributed by atoms with van der Waals surface area (Å²) < 4.78 is 24.3. The molecule has 6 heteroatoms. The number of carbonyl (C=O) groups is 1. The minimum absolute atomic E-state index is 0.0666. The summed E-state index contributed by atoms with van der Waals surface area (Å²) >= 11 is 0. The molecule has 0 aliphatic carbocycles. The van der Waals surface area contributed by atoms with Gasteiger partial charge in [0, 0.05) is 6.54 Å². The summed E-state index contributed by atoms with van der Waals surface area (Å²) in [4.78, 5) is 14.5. The van der Waals surface area contributed by atoms with E-state index in [4.69, 9.17) is 9.47 Å². The van der Waals surface area contributed by atoms with E-state index in [9.17, 15) is 9.18 Å². The van der Waals surface area contributed by atoms with Crippen molar-refractivity contribution in [2.75, 3.05) is 26.8 Å². The van der Waals surface area contributed by atoms with Crippen molar-refractivity contribution in [3.63, 3.8) is 0 Å². The van der Waals surface area contributed by atoms with Crippen LogP contribution in [0.4, 0.5) is 4.39 Å². The van der Waals surface area contributed by atoms with E-state index >= 15 is 0 Å². The molecule has 1 amide bonds. The Balaban J connectivity index is 1.57. The van der Waals surface area contributed by atoms with E-state index in [1.807, 2.05) is 44.0 Å². The maximum Gasteiger partial charge on any atom is 0.234 e. The van der Waals surface area contributed by atoms with Gasteiger partial charge < -0.3 is 14.8 Å². The SMILES string of the molecule is CC(C)[C@@H](NC(=O)CN(C)Cc1ccc2c(c1)OCCO2)c1ccc(F)cc1. The number of rotatable bonds is 7. The van der Waals surface area contributed by atoms with Gasteiger partial charge in [0.2, 0.25) is 5.91 Å². The highest BCUT2D eigenvalue weighted by molar-refractivity contribution is 5.78. The van der Waals surface area contributed by atoms with Gasteiger partial charge in [-0.25, -0.2) is 4.39 Å². The largest absolute Gasteiger partial charge is 0.486 e. The van der Waals surface area contributed by atoms with Crippen molar-refractivity contribution >= 4 is 5.91 Å².